The van der Waals surface area contributed by atoms with E-state index in [1.807, 2.05) is 6.92 Å². The highest BCUT2D eigenvalue weighted by molar-refractivity contribution is 5.76. The van der Waals surface area contributed by atoms with Crippen molar-refractivity contribution < 1.29 is 18.7 Å². The van der Waals surface area contributed by atoms with Gasteiger partial charge in [-0.2, -0.15) is 0 Å². The summed E-state index contributed by atoms with van der Waals surface area (Å²) in [4.78, 5) is 11.4. The van der Waals surface area contributed by atoms with Gasteiger partial charge in [-0.15, -0.1) is 0 Å². The fraction of sp³-hybridized carbons (Fsp3) is 0.462. The Hall–Kier alpha value is -1.49. The Labute approximate surface area is 105 Å². The predicted molar refractivity (Wildman–Crippen MR) is 63.9 cm³/mol. The lowest BCUT2D eigenvalue weighted by molar-refractivity contribution is -0.121. The lowest BCUT2D eigenvalue weighted by atomic mass is 10.1. The zero-order valence-corrected chi connectivity index (χ0v) is 10.2. The molecule has 100 valence electrons. The maximum atomic E-state index is 12.9. The van der Waals surface area contributed by atoms with Crippen LogP contribution >= 0.6 is 0 Å². The second kappa shape index (κ2) is 7.06. The highest BCUT2D eigenvalue weighted by atomic mass is 19.2. The molecular formula is C13H17F2NO2. The molecule has 0 heterocycles. The third-order valence-electron chi connectivity index (χ3n) is 2.58. The van der Waals surface area contributed by atoms with E-state index in [0.717, 1.165) is 12.1 Å². The van der Waals surface area contributed by atoms with Crippen LogP contribution in [0.25, 0.3) is 0 Å². The van der Waals surface area contributed by atoms with Crippen LogP contribution in [0, 0.1) is 17.6 Å². The van der Waals surface area contributed by atoms with E-state index >= 15 is 0 Å². The number of halogens is 2. The SMILES string of the molecule is CC(CO)CNC(=O)CCc1ccc(F)c(F)c1. The standard InChI is InChI=1S/C13H17F2NO2/c1-9(8-17)7-16-13(18)5-3-10-2-4-11(14)12(15)6-10/h2,4,6,9,17H,3,5,7-8H2,1H3,(H,16,18). The Morgan fingerprint density at radius 3 is 2.72 bits per heavy atom. The van der Waals surface area contributed by atoms with Crippen LogP contribution < -0.4 is 5.32 Å². The van der Waals surface area contributed by atoms with Gasteiger partial charge in [0.2, 0.25) is 5.91 Å². The van der Waals surface area contributed by atoms with Crippen LogP contribution in [-0.4, -0.2) is 24.2 Å². The Balaban J connectivity index is 2.36. The molecule has 0 aliphatic rings. The Morgan fingerprint density at radius 1 is 1.39 bits per heavy atom. The van der Waals surface area contributed by atoms with E-state index in [1.54, 1.807) is 0 Å². The minimum absolute atomic E-state index is 0.0113. The van der Waals surface area contributed by atoms with E-state index in [9.17, 15) is 13.6 Å². The van der Waals surface area contributed by atoms with Gasteiger partial charge in [-0.1, -0.05) is 13.0 Å². The molecule has 0 saturated heterocycles. The van der Waals surface area contributed by atoms with Gasteiger partial charge in [-0.05, 0) is 30.0 Å². The molecule has 0 fully saturated rings. The van der Waals surface area contributed by atoms with Gasteiger partial charge in [0.1, 0.15) is 0 Å². The molecule has 1 aromatic rings. The first-order valence-electron chi connectivity index (χ1n) is 5.84. The lowest BCUT2D eigenvalue weighted by Gasteiger charge is -2.09. The van der Waals surface area contributed by atoms with Crippen molar-refractivity contribution in [2.45, 2.75) is 19.8 Å². The molecule has 0 aliphatic heterocycles. The Morgan fingerprint density at radius 2 is 2.11 bits per heavy atom. The van der Waals surface area contributed by atoms with Crippen molar-refractivity contribution in [1.29, 1.82) is 0 Å². The quantitative estimate of drug-likeness (QED) is 0.814. The fourth-order valence-corrected chi connectivity index (χ4v) is 1.39. The van der Waals surface area contributed by atoms with Crippen molar-refractivity contribution in [2.75, 3.05) is 13.2 Å². The molecule has 1 rings (SSSR count). The molecule has 0 bridgehead atoms. The van der Waals surface area contributed by atoms with Crippen molar-refractivity contribution in [3.05, 3.63) is 35.4 Å². The number of carbonyl (C=O) groups excluding carboxylic acids is 1. The molecule has 1 amide bonds. The molecule has 2 N–H and O–H groups in total. The highest BCUT2D eigenvalue weighted by Crippen LogP contribution is 2.10. The normalized spacial score (nSPS) is 12.2. The Bertz CT molecular complexity index is 410. The Kier molecular flexibility index (Phi) is 5.71. The van der Waals surface area contributed by atoms with E-state index in [0.29, 0.717) is 18.5 Å². The second-order valence-electron chi connectivity index (χ2n) is 4.34. The van der Waals surface area contributed by atoms with Crippen molar-refractivity contribution in [3.8, 4) is 0 Å². The molecule has 0 spiro atoms. The van der Waals surface area contributed by atoms with Gasteiger partial charge in [-0.3, -0.25) is 4.79 Å². The van der Waals surface area contributed by atoms with E-state index in [2.05, 4.69) is 5.32 Å². The van der Waals surface area contributed by atoms with E-state index in [1.165, 1.54) is 6.07 Å². The summed E-state index contributed by atoms with van der Waals surface area (Å²) in [6, 6.07) is 3.61. The minimum atomic E-state index is -0.901. The summed E-state index contributed by atoms with van der Waals surface area (Å²) in [6.07, 6.45) is 0.569. The predicted octanol–water partition coefficient (Wildman–Crippen LogP) is 1.64. The third kappa shape index (κ3) is 4.79. The summed E-state index contributed by atoms with van der Waals surface area (Å²) < 4.78 is 25.6. The van der Waals surface area contributed by atoms with Crippen LogP contribution in [0.1, 0.15) is 18.9 Å². The molecule has 0 saturated carbocycles. The summed E-state index contributed by atoms with van der Waals surface area (Å²) >= 11 is 0. The minimum Gasteiger partial charge on any atom is -0.396 e. The molecule has 1 aromatic carbocycles. The van der Waals surface area contributed by atoms with Crippen LogP contribution in [0.5, 0.6) is 0 Å². The number of hydrogen-bond donors (Lipinski definition) is 2. The molecule has 1 unspecified atom stereocenters. The highest BCUT2D eigenvalue weighted by Gasteiger charge is 2.07. The maximum absolute atomic E-state index is 12.9. The van der Waals surface area contributed by atoms with Crippen molar-refractivity contribution in [2.24, 2.45) is 5.92 Å². The molecular weight excluding hydrogens is 240 g/mol. The van der Waals surface area contributed by atoms with Gasteiger partial charge >= 0.3 is 0 Å². The van der Waals surface area contributed by atoms with Crippen molar-refractivity contribution >= 4 is 5.91 Å². The topological polar surface area (TPSA) is 49.3 Å². The monoisotopic (exact) mass is 257 g/mol. The van der Waals surface area contributed by atoms with Gasteiger partial charge in [0.05, 0.1) is 0 Å². The van der Waals surface area contributed by atoms with Crippen LogP contribution in [0.15, 0.2) is 18.2 Å². The van der Waals surface area contributed by atoms with Crippen LogP contribution in [0.2, 0.25) is 0 Å². The molecule has 0 aliphatic carbocycles. The zero-order chi connectivity index (χ0) is 13.5. The van der Waals surface area contributed by atoms with Gasteiger partial charge < -0.3 is 10.4 Å². The largest absolute Gasteiger partial charge is 0.396 e. The number of aliphatic hydroxyl groups is 1. The number of rotatable bonds is 6. The molecule has 18 heavy (non-hydrogen) atoms. The van der Waals surface area contributed by atoms with E-state index < -0.39 is 11.6 Å². The smallest absolute Gasteiger partial charge is 0.220 e. The van der Waals surface area contributed by atoms with Crippen LogP contribution in [-0.2, 0) is 11.2 Å². The van der Waals surface area contributed by atoms with Gasteiger partial charge in [-0.25, -0.2) is 8.78 Å². The molecule has 1 atom stereocenters. The summed E-state index contributed by atoms with van der Waals surface area (Å²) in [5.41, 5.74) is 0.583. The molecule has 0 radical (unpaired) electrons. The van der Waals surface area contributed by atoms with Crippen molar-refractivity contribution in [3.63, 3.8) is 0 Å². The summed E-state index contributed by atoms with van der Waals surface area (Å²) in [5, 5.41) is 11.4. The van der Waals surface area contributed by atoms with E-state index in [-0.39, 0.29) is 24.9 Å². The van der Waals surface area contributed by atoms with Crippen molar-refractivity contribution in [1.82, 2.24) is 5.32 Å². The number of aliphatic hydroxyl groups excluding tert-OH is 1. The fourth-order valence-electron chi connectivity index (χ4n) is 1.39. The third-order valence-corrected chi connectivity index (χ3v) is 2.58. The first-order valence-corrected chi connectivity index (χ1v) is 5.84. The first-order chi connectivity index (χ1) is 8.52. The van der Waals surface area contributed by atoms with E-state index in [4.69, 9.17) is 5.11 Å². The average Bonchev–Trinajstić information content (AvgIpc) is 2.37. The summed E-state index contributed by atoms with van der Waals surface area (Å²) in [6.45, 7) is 2.24. The number of aryl methyl sites for hydroxylation is 1. The maximum Gasteiger partial charge on any atom is 0.220 e. The average molecular weight is 257 g/mol. The van der Waals surface area contributed by atoms with Crippen LogP contribution in [0.3, 0.4) is 0 Å². The first kappa shape index (κ1) is 14.6. The zero-order valence-electron chi connectivity index (χ0n) is 10.2. The number of benzene rings is 1. The van der Waals surface area contributed by atoms with Crippen LogP contribution in [0.4, 0.5) is 8.78 Å². The second-order valence-corrected chi connectivity index (χ2v) is 4.34. The summed E-state index contributed by atoms with van der Waals surface area (Å²) in [7, 11) is 0. The molecule has 3 nitrogen and oxygen atoms in total. The molecule has 0 aromatic heterocycles. The van der Waals surface area contributed by atoms with Gasteiger partial charge in [0.25, 0.3) is 0 Å². The van der Waals surface area contributed by atoms with Gasteiger partial charge in [0, 0.05) is 19.6 Å². The summed E-state index contributed by atoms with van der Waals surface area (Å²) in [5.74, 6) is -1.95. The molecule has 5 heteroatoms. The lowest BCUT2D eigenvalue weighted by Crippen LogP contribution is -2.29. The number of amides is 1. The number of nitrogens with one attached hydrogen (secondary N) is 1. The number of carbonyl (C=O) groups is 1. The van der Waals surface area contributed by atoms with Gasteiger partial charge in [0.15, 0.2) is 11.6 Å². The number of hydrogen-bond acceptors (Lipinski definition) is 2.